The van der Waals surface area contributed by atoms with E-state index in [-0.39, 0.29) is 12.3 Å². The van der Waals surface area contributed by atoms with Crippen molar-refractivity contribution in [2.24, 2.45) is 5.10 Å². The third-order valence-corrected chi connectivity index (χ3v) is 3.32. The number of hydrogen-bond acceptors (Lipinski definition) is 3. The molecule has 0 fully saturated rings. The standard InChI is InChI=1S/C17H17ClN2O2/c1-13-6-2-5-9-16(13)22-11-10-17(21)20-19-12-14-7-3-4-8-15(14)18/h2-9,12H,10-11H2,1H3,(H,20,21)/b19-12+. The zero-order chi connectivity index (χ0) is 15.8. The molecule has 2 aromatic rings. The van der Waals surface area contributed by atoms with Gasteiger partial charge in [0.2, 0.25) is 5.91 Å². The van der Waals surface area contributed by atoms with Gasteiger partial charge in [-0.3, -0.25) is 4.79 Å². The fourth-order valence-corrected chi connectivity index (χ4v) is 1.97. The number of para-hydroxylation sites is 1. The van der Waals surface area contributed by atoms with Crippen molar-refractivity contribution < 1.29 is 9.53 Å². The molecule has 5 heteroatoms. The predicted octanol–water partition coefficient (Wildman–Crippen LogP) is 3.57. The van der Waals surface area contributed by atoms with Gasteiger partial charge in [0.1, 0.15) is 5.75 Å². The molecule has 0 aliphatic carbocycles. The SMILES string of the molecule is Cc1ccccc1OCCC(=O)N/N=C/c1ccccc1Cl. The Kier molecular flexibility index (Phi) is 5.98. The minimum Gasteiger partial charge on any atom is -0.493 e. The molecular formula is C17H17ClN2O2. The Morgan fingerprint density at radius 2 is 1.95 bits per heavy atom. The van der Waals surface area contributed by atoms with Crippen molar-refractivity contribution >= 4 is 23.7 Å². The second-order valence-electron chi connectivity index (χ2n) is 4.68. The first-order valence-electron chi connectivity index (χ1n) is 6.91. The van der Waals surface area contributed by atoms with E-state index in [1.165, 1.54) is 6.21 Å². The van der Waals surface area contributed by atoms with E-state index in [9.17, 15) is 4.79 Å². The van der Waals surface area contributed by atoms with Gasteiger partial charge in [-0.15, -0.1) is 0 Å². The molecule has 0 saturated heterocycles. The molecule has 22 heavy (non-hydrogen) atoms. The van der Waals surface area contributed by atoms with Crippen LogP contribution in [0, 0.1) is 6.92 Å². The lowest BCUT2D eigenvalue weighted by atomic mass is 10.2. The number of hydrazone groups is 1. The van der Waals surface area contributed by atoms with Crippen LogP contribution in [-0.4, -0.2) is 18.7 Å². The van der Waals surface area contributed by atoms with Crippen LogP contribution in [0.2, 0.25) is 5.02 Å². The van der Waals surface area contributed by atoms with E-state index < -0.39 is 0 Å². The molecule has 0 aliphatic heterocycles. The summed E-state index contributed by atoms with van der Waals surface area (Å²) >= 11 is 5.98. The minimum atomic E-state index is -0.211. The zero-order valence-electron chi connectivity index (χ0n) is 12.3. The minimum absolute atomic E-state index is 0.211. The smallest absolute Gasteiger partial charge is 0.243 e. The average Bonchev–Trinajstić information content (AvgIpc) is 2.51. The third-order valence-electron chi connectivity index (χ3n) is 2.98. The van der Waals surface area contributed by atoms with E-state index in [1.807, 2.05) is 49.4 Å². The van der Waals surface area contributed by atoms with Crippen molar-refractivity contribution in [2.45, 2.75) is 13.3 Å². The highest BCUT2D eigenvalue weighted by molar-refractivity contribution is 6.33. The molecule has 1 N–H and O–H groups in total. The summed E-state index contributed by atoms with van der Waals surface area (Å²) in [6.45, 7) is 2.27. The fraction of sp³-hybridized carbons (Fsp3) is 0.176. The van der Waals surface area contributed by atoms with Gasteiger partial charge in [-0.2, -0.15) is 5.10 Å². The summed E-state index contributed by atoms with van der Waals surface area (Å²) < 4.78 is 5.56. The highest BCUT2D eigenvalue weighted by atomic mass is 35.5. The highest BCUT2D eigenvalue weighted by Crippen LogP contribution is 2.16. The van der Waals surface area contributed by atoms with Crippen LogP contribution in [0.1, 0.15) is 17.5 Å². The largest absolute Gasteiger partial charge is 0.493 e. The number of carbonyl (C=O) groups excluding carboxylic acids is 1. The fourth-order valence-electron chi connectivity index (χ4n) is 1.78. The number of hydrogen-bond donors (Lipinski definition) is 1. The summed E-state index contributed by atoms with van der Waals surface area (Å²) in [5.41, 5.74) is 4.24. The number of rotatable bonds is 6. The first-order valence-corrected chi connectivity index (χ1v) is 7.29. The molecule has 1 amide bonds. The van der Waals surface area contributed by atoms with Crippen LogP contribution in [0.15, 0.2) is 53.6 Å². The van der Waals surface area contributed by atoms with Gasteiger partial charge < -0.3 is 4.74 Å². The van der Waals surface area contributed by atoms with Crippen molar-refractivity contribution in [3.05, 3.63) is 64.7 Å². The Bertz CT molecular complexity index is 671. The monoisotopic (exact) mass is 316 g/mol. The Morgan fingerprint density at radius 3 is 2.73 bits per heavy atom. The van der Waals surface area contributed by atoms with Crippen molar-refractivity contribution in [1.82, 2.24) is 5.43 Å². The van der Waals surface area contributed by atoms with Crippen LogP contribution < -0.4 is 10.2 Å². The van der Waals surface area contributed by atoms with Gasteiger partial charge in [-0.25, -0.2) is 5.43 Å². The van der Waals surface area contributed by atoms with Crippen molar-refractivity contribution in [3.63, 3.8) is 0 Å². The van der Waals surface area contributed by atoms with Gasteiger partial charge >= 0.3 is 0 Å². The molecule has 0 aromatic heterocycles. The van der Waals surface area contributed by atoms with E-state index in [2.05, 4.69) is 10.5 Å². The number of amides is 1. The number of ether oxygens (including phenoxy) is 1. The van der Waals surface area contributed by atoms with Crippen molar-refractivity contribution in [3.8, 4) is 5.75 Å². The Balaban J connectivity index is 1.75. The van der Waals surface area contributed by atoms with E-state index in [1.54, 1.807) is 6.07 Å². The molecular weight excluding hydrogens is 300 g/mol. The number of benzene rings is 2. The topological polar surface area (TPSA) is 50.7 Å². The molecule has 0 bridgehead atoms. The lowest BCUT2D eigenvalue weighted by Gasteiger charge is -2.07. The molecule has 0 radical (unpaired) electrons. The molecule has 2 rings (SSSR count). The summed E-state index contributed by atoms with van der Waals surface area (Å²) in [4.78, 5) is 11.7. The van der Waals surface area contributed by atoms with Gasteiger partial charge in [0.25, 0.3) is 0 Å². The average molecular weight is 317 g/mol. The van der Waals surface area contributed by atoms with Crippen LogP contribution in [0.25, 0.3) is 0 Å². The maximum Gasteiger partial charge on any atom is 0.243 e. The summed E-state index contributed by atoms with van der Waals surface area (Å²) in [6, 6.07) is 15.0. The Hall–Kier alpha value is -2.33. The van der Waals surface area contributed by atoms with E-state index >= 15 is 0 Å². The molecule has 0 atom stereocenters. The zero-order valence-corrected chi connectivity index (χ0v) is 13.0. The van der Waals surface area contributed by atoms with Crippen LogP contribution in [0.3, 0.4) is 0 Å². The number of halogens is 1. The third kappa shape index (κ3) is 4.90. The highest BCUT2D eigenvalue weighted by Gasteiger charge is 2.02. The van der Waals surface area contributed by atoms with Crippen molar-refractivity contribution in [1.29, 1.82) is 0 Å². The number of nitrogens with one attached hydrogen (secondary N) is 1. The second-order valence-corrected chi connectivity index (χ2v) is 5.09. The summed E-state index contributed by atoms with van der Waals surface area (Å²) in [6.07, 6.45) is 1.75. The second kappa shape index (κ2) is 8.20. The summed E-state index contributed by atoms with van der Waals surface area (Å²) in [5, 5.41) is 4.47. The molecule has 114 valence electrons. The lowest BCUT2D eigenvalue weighted by Crippen LogP contribution is -2.20. The molecule has 0 spiro atoms. The Labute approximate surface area is 134 Å². The molecule has 0 saturated carbocycles. The number of carbonyl (C=O) groups is 1. The predicted molar refractivity (Wildman–Crippen MR) is 88.5 cm³/mol. The van der Waals surface area contributed by atoms with E-state index in [0.29, 0.717) is 11.6 Å². The van der Waals surface area contributed by atoms with Crippen LogP contribution in [0.4, 0.5) is 0 Å². The molecule has 4 nitrogen and oxygen atoms in total. The van der Waals surface area contributed by atoms with Gasteiger partial charge in [0, 0.05) is 10.6 Å². The maximum absolute atomic E-state index is 11.7. The van der Waals surface area contributed by atoms with Crippen LogP contribution in [0.5, 0.6) is 5.75 Å². The molecule has 0 unspecified atom stereocenters. The van der Waals surface area contributed by atoms with Crippen LogP contribution >= 0.6 is 11.6 Å². The first-order chi connectivity index (χ1) is 10.7. The number of aryl methyl sites for hydroxylation is 1. The van der Waals surface area contributed by atoms with E-state index in [4.69, 9.17) is 16.3 Å². The van der Waals surface area contributed by atoms with Gasteiger partial charge in [0.05, 0.1) is 19.2 Å². The summed E-state index contributed by atoms with van der Waals surface area (Å²) in [5.74, 6) is 0.576. The summed E-state index contributed by atoms with van der Waals surface area (Å²) in [7, 11) is 0. The first kappa shape index (κ1) is 16.0. The van der Waals surface area contributed by atoms with Crippen molar-refractivity contribution in [2.75, 3.05) is 6.61 Å². The molecule has 2 aromatic carbocycles. The molecule has 0 heterocycles. The van der Waals surface area contributed by atoms with Crippen LogP contribution in [-0.2, 0) is 4.79 Å². The van der Waals surface area contributed by atoms with E-state index in [0.717, 1.165) is 16.9 Å². The van der Waals surface area contributed by atoms with Gasteiger partial charge in [-0.1, -0.05) is 48.0 Å². The number of nitrogens with zero attached hydrogens (tertiary/aromatic N) is 1. The molecule has 0 aliphatic rings. The maximum atomic E-state index is 11.7. The van der Waals surface area contributed by atoms with Gasteiger partial charge in [-0.05, 0) is 24.6 Å². The lowest BCUT2D eigenvalue weighted by molar-refractivity contribution is -0.121. The quantitative estimate of drug-likeness (QED) is 0.654. The normalized spacial score (nSPS) is 10.6. The van der Waals surface area contributed by atoms with Gasteiger partial charge in [0.15, 0.2) is 0 Å². The Morgan fingerprint density at radius 1 is 1.23 bits per heavy atom.